The number of rotatable bonds is 5. The van der Waals surface area contributed by atoms with Gasteiger partial charge in [0.05, 0.1) is 11.6 Å². The maximum absolute atomic E-state index is 8.84. The topological polar surface area (TPSA) is 35.8 Å². The van der Waals surface area contributed by atoms with Gasteiger partial charge in [-0.2, -0.15) is 5.26 Å². The zero-order valence-electron chi connectivity index (χ0n) is 9.96. The first-order valence-electron chi connectivity index (χ1n) is 5.55. The lowest BCUT2D eigenvalue weighted by molar-refractivity contribution is 0.718. The average molecular weight is 214 g/mol. The summed E-state index contributed by atoms with van der Waals surface area (Å²) in [7, 11) is 0. The van der Waals surface area contributed by atoms with Crippen molar-refractivity contribution in [3.8, 4) is 6.07 Å². The van der Waals surface area contributed by atoms with Gasteiger partial charge in [-0.05, 0) is 44.4 Å². The van der Waals surface area contributed by atoms with Crippen LogP contribution in [0.15, 0.2) is 30.9 Å². The number of nitriles is 1. The normalized spacial score (nSPS) is 11.6. The second-order valence-corrected chi connectivity index (χ2v) is 4.05. The lowest BCUT2D eigenvalue weighted by atomic mass is 10.1. The number of benzene rings is 1. The lowest BCUT2D eigenvalue weighted by Crippen LogP contribution is -2.15. The summed E-state index contributed by atoms with van der Waals surface area (Å²) in [5.41, 5.74) is 2.92. The molecule has 0 heterocycles. The van der Waals surface area contributed by atoms with Crippen LogP contribution in [0.3, 0.4) is 0 Å². The highest BCUT2D eigenvalue weighted by Crippen LogP contribution is 2.18. The molecule has 0 amide bonds. The van der Waals surface area contributed by atoms with E-state index in [9.17, 15) is 0 Å². The molecule has 84 valence electrons. The molecule has 1 N–H and O–H groups in total. The lowest BCUT2D eigenvalue weighted by Gasteiger charge is -2.16. The molecular weight excluding hydrogens is 196 g/mol. The van der Waals surface area contributed by atoms with Crippen LogP contribution >= 0.6 is 0 Å². The van der Waals surface area contributed by atoms with Crippen molar-refractivity contribution in [2.24, 2.45) is 0 Å². The van der Waals surface area contributed by atoms with Crippen LogP contribution in [0.25, 0.3) is 0 Å². The van der Waals surface area contributed by atoms with Crippen LogP contribution in [0.1, 0.15) is 30.9 Å². The molecule has 0 spiro atoms. The fourth-order valence-electron chi connectivity index (χ4n) is 1.55. The SMILES string of the molecule is C=CCCC(C)Nc1cc(C#N)ccc1C. The van der Waals surface area contributed by atoms with Crippen molar-refractivity contribution >= 4 is 5.69 Å². The largest absolute Gasteiger partial charge is 0.382 e. The third kappa shape index (κ3) is 3.43. The van der Waals surface area contributed by atoms with Gasteiger partial charge in [-0.1, -0.05) is 12.1 Å². The van der Waals surface area contributed by atoms with E-state index in [2.05, 4.69) is 24.9 Å². The molecule has 1 unspecified atom stereocenters. The molecule has 0 saturated carbocycles. The Hall–Kier alpha value is -1.75. The Kier molecular flexibility index (Phi) is 4.60. The van der Waals surface area contributed by atoms with Crippen molar-refractivity contribution in [2.45, 2.75) is 32.7 Å². The maximum Gasteiger partial charge on any atom is 0.0992 e. The van der Waals surface area contributed by atoms with E-state index in [1.54, 1.807) is 0 Å². The molecule has 0 aliphatic heterocycles. The first-order chi connectivity index (χ1) is 7.67. The van der Waals surface area contributed by atoms with Crippen molar-refractivity contribution in [1.29, 1.82) is 5.26 Å². The Morgan fingerprint density at radius 1 is 1.56 bits per heavy atom. The molecule has 0 bridgehead atoms. The monoisotopic (exact) mass is 214 g/mol. The third-order valence-electron chi connectivity index (χ3n) is 2.57. The van der Waals surface area contributed by atoms with Gasteiger partial charge in [0.15, 0.2) is 0 Å². The van der Waals surface area contributed by atoms with E-state index in [0.717, 1.165) is 18.5 Å². The first-order valence-corrected chi connectivity index (χ1v) is 5.55. The molecule has 0 radical (unpaired) electrons. The van der Waals surface area contributed by atoms with E-state index in [4.69, 9.17) is 5.26 Å². The Balaban J connectivity index is 2.72. The van der Waals surface area contributed by atoms with Gasteiger partial charge in [-0.25, -0.2) is 0 Å². The summed E-state index contributed by atoms with van der Waals surface area (Å²) in [6.45, 7) is 7.90. The van der Waals surface area contributed by atoms with Crippen molar-refractivity contribution in [3.05, 3.63) is 42.0 Å². The van der Waals surface area contributed by atoms with E-state index < -0.39 is 0 Å². The summed E-state index contributed by atoms with van der Waals surface area (Å²) < 4.78 is 0. The molecule has 0 aliphatic carbocycles. The number of nitrogens with zero attached hydrogens (tertiary/aromatic N) is 1. The number of nitrogens with one attached hydrogen (secondary N) is 1. The van der Waals surface area contributed by atoms with Gasteiger partial charge in [-0.15, -0.1) is 6.58 Å². The second-order valence-electron chi connectivity index (χ2n) is 4.05. The summed E-state index contributed by atoms with van der Waals surface area (Å²) in [4.78, 5) is 0. The molecular formula is C14H18N2. The molecule has 1 aromatic carbocycles. The fourth-order valence-corrected chi connectivity index (χ4v) is 1.55. The van der Waals surface area contributed by atoms with Crippen molar-refractivity contribution < 1.29 is 0 Å². The number of anilines is 1. The van der Waals surface area contributed by atoms with Crippen LogP contribution in [0.4, 0.5) is 5.69 Å². The van der Waals surface area contributed by atoms with Crippen molar-refractivity contribution in [2.75, 3.05) is 5.32 Å². The molecule has 0 fully saturated rings. The van der Waals surface area contributed by atoms with Crippen LogP contribution in [-0.4, -0.2) is 6.04 Å². The number of hydrogen-bond donors (Lipinski definition) is 1. The molecule has 1 atom stereocenters. The molecule has 0 aromatic heterocycles. The summed E-state index contributed by atoms with van der Waals surface area (Å²) in [5.74, 6) is 0. The summed E-state index contributed by atoms with van der Waals surface area (Å²) in [6.07, 6.45) is 3.99. The number of hydrogen-bond acceptors (Lipinski definition) is 2. The van der Waals surface area contributed by atoms with Crippen molar-refractivity contribution in [3.63, 3.8) is 0 Å². The van der Waals surface area contributed by atoms with E-state index in [1.165, 1.54) is 5.56 Å². The standard InChI is InChI=1S/C14H18N2/c1-4-5-6-12(3)16-14-9-13(10-15)8-7-11(14)2/h4,7-9,12,16H,1,5-6H2,2-3H3. The number of aryl methyl sites for hydroxylation is 1. The highest BCUT2D eigenvalue weighted by Gasteiger charge is 2.04. The van der Waals surface area contributed by atoms with E-state index in [1.807, 2.05) is 31.2 Å². The molecule has 2 nitrogen and oxygen atoms in total. The molecule has 2 heteroatoms. The predicted molar refractivity (Wildman–Crippen MR) is 68.4 cm³/mol. The highest BCUT2D eigenvalue weighted by molar-refractivity contribution is 5.55. The van der Waals surface area contributed by atoms with Gasteiger partial charge in [0.25, 0.3) is 0 Å². The predicted octanol–water partition coefficient (Wildman–Crippen LogP) is 3.63. The minimum atomic E-state index is 0.394. The maximum atomic E-state index is 8.84. The molecule has 1 rings (SSSR count). The minimum Gasteiger partial charge on any atom is -0.382 e. The Labute approximate surface area is 97.6 Å². The Morgan fingerprint density at radius 2 is 2.31 bits per heavy atom. The van der Waals surface area contributed by atoms with Crippen LogP contribution in [0.2, 0.25) is 0 Å². The summed E-state index contributed by atoms with van der Waals surface area (Å²) in [5, 5.41) is 12.3. The number of allylic oxidation sites excluding steroid dienone is 1. The average Bonchev–Trinajstić information content (AvgIpc) is 2.29. The quantitative estimate of drug-likeness (QED) is 0.760. The van der Waals surface area contributed by atoms with E-state index in [-0.39, 0.29) is 0 Å². The zero-order chi connectivity index (χ0) is 12.0. The van der Waals surface area contributed by atoms with Crippen LogP contribution in [-0.2, 0) is 0 Å². The zero-order valence-corrected chi connectivity index (χ0v) is 9.96. The molecule has 0 aliphatic rings. The molecule has 0 saturated heterocycles. The van der Waals surface area contributed by atoms with Crippen LogP contribution < -0.4 is 5.32 Å². The first kappa shape index (κ1) is 12.3. The van der Waals surface area contributed by atoms with Gasteiger partial charge < -0.3 is 5.32 Å². The highest BCUT2D eigenvalue weighted by atomic mass is 14.9. The van der Waals surface area contributed by atoms with Gasteiger partial charge in [0, 0.05) is 11.7 Å². The Morgan fingerprint density at radius 3 is 2.94 bits per heavy atom. The van der Waals surface area contributed by atoms with Crippen LogP contribution in [0.5, 0.6) is 0 Å². The fraction of sp³-hybridized carbons (Fsp3) is 0.357. The van der Waals surface area contributed by atoms with Crippen molar-refractivity contribution in [1.82, 2.24) is 0 Å². The Bertz CT molecular complexity index is 402. The molecule has 16 heavy (non-hydrogen) atoms. The summed E-state index contributed by atoms with van der Waals surface area (Å²) >= 11 is 0. The molecule has 1 aromatic rings. The second kappa shape index (κ2) is 5.97. The minimum absolute atomic E-state index is 0.394. The van der Waals surface area contributed by atoms with E-state index >= 15 is 0 Å². The smallest absolute Gasteiger partial charge is 0.0992 e. The van der Waals surface area contributed by atoms with Crippen LogP contribution in [0, 0.1) is 18.3 Å². The van der Waals surface area contributed by atoms with Gasteiger partial charge in [0.2, 0.25) is 0 Å². The van der Waals surface area contributed by atoms with Gasteiger partial charge in [0.1, 0.15) is 0 Å². The summed E-state index contributed by atoms with van der Waals surface area (Å²) in [6, 6.07) is 8.27. The van der Waals surface area contributed by atoms with E-state index in [0.29, 0.717) is 11.6 Å². The van der Waals surface area contributed by atoms with Gasteiger partial charge in [-0.3, -0.25) is 0 Å². The third-order valence-corrected chi connectivity index (χ3v) is 2.57. The van der Waals surface area contributed by atoms with Gasteiger partial charge >= 0.3 is 0 Å².